The van der Waals surface area contributed by atoms with Crippen LogP contribution in [0.4, 0.5) is 11.4 Å². The highest BCUT2D eigenvalue weighted by molar-refractivity contribution is 6.05. The summed E-state index contributed by atoms with van der Waals surface area (Å²) < 4.78 is 10.8. The zero-order valence-electron chi connectivity index (χ0n) is 16.9. The van der Waals surface area contributed by atoms with E-state index in [9.17, 15) is 9.59 Å². The summed E-state index contributed by atoms with van der Waals surface area (Å²) in [5, 5.41) is 5.70. The average Bonchev–Trinajstić information content (AvgIpc) is 2.65. The van der Waals surface area contributed by atoms with Crippen LogP contribution in [0.5, 0.6) is 5.75 Å². The Labute approximate surface area is 166 Å². The molecule has 6 nitrogen and oxygen atoms in total. The topological polar surface area (TPSA) is 76.7 Å². The minimum Gasteiger partial charge on any atom is -0.491 e. The lowest BCUT2D eigenvalue weighted by atomic mass is 9.95. The van der Waals surface area contributed by atoms with Crippen LogP contribution in [0.1, 0.15) is 38.1 Å². The van der Waals surface area contributed by atoms with Gasteiger partial charge in [0, 0.05) is 29.0 Å². The zero-order chi connectivity index (χ0) is 20.6. The van der Waals surface area contributed by atoms with Gasteiger partial charge in [-0.05, 0) is 43.3 Å². The molecule has 0 heterocycles. The van der Waals surface area contributed by atoms with E-state index in [2.05, 4.69) is 10.6 Å². The number of rotatable bonds is 8. The van der Waals surface area contributed by atoms with E-state index in [4.69, 9.17) is 9.47 Å². The van der Waals surface area contributed by atoms with Crippen LogP contribution in [0.15, 0.2) is 48.5 Å². The lowest BCUT2D eigenvalue weighted by Crippen LogP contribution is -2.27. The molecule has 2 aromatic carbocycles. The van der Waals surface area contributed by atoms with Crippen molar-refractivity contribution in [2.45, 2.75) is 27.7 Å². The lowest BCUT2D eigenvalue weighted by molar-refractivity contribution is -0.123. The molecule has 2 amide bonds. The van der Waals surface area contributed by atoms with E-state index in [1.807, 2.05) is 27.7 Å². The average molecular weight is 384 g/mol. The van der Waals surface area contributed by atoms with Crippen molar-refractivity contribution in [3.63, 3.8) is 0 Å². The minimum atomic E-state index is -0.498. The molecule has 0 aromatic heterocycles. The molecule has 0 spiro atoms. The molecule has 0 aliphatic rings. The predicted octanol–water partition coefficient (Wildman–Crippen LogP) is 4.34. The summed E-state index contributed by atoms with van der Waals surface area (Å²) in [6.07, 6.45) is 0. The molecule has 0 radical (unpaired) electrons. The smallest absolute Gasteiger partial charge is 0.255 e. The number of carbonyl (C=O) groups is 2. The summed E-state index contributed by atoms with van der Waals surface area (Å²) in [7, 11) is 0. The van der Waals surface area contributed by atoms with Crippen LogP contribution in [-0.2, 0) is 9.53 Å². The van der Waals surface area contributed by atoms with Crippen LogP contribution < -0.4 is 15.4 Å². The second kappa shape index (κ2) is 9.90. The Morgan fingerprint density at radius 2 is 1.61 bits per heavy atom. The van der Waals surface area contributed by atoms with Gasteiger partial charge in [0.05, 0.1) is 6.61 Å². The Bertz CT molecular complexity index is 812. The molecule has 0 atom stereocenters. The predicted molar refractivity (Wildman–Crippen MR) is 111 cm³/mol. The Morgan fingerprint density at radius 1 is 0.929 bits per heavy atom. The first-order chi connectivity index (χ1) is 13.3. The van der Waals surface area contributed by atoms with Gasteiger partial charge in [-0.25, -0.2) is 0 Å². The van der Waals surface area contributed by atoms with Crippen molar-refractivity contribution < 1.29 is 19.1 Å². The molecule has 0 aliphatic heterocycles. The molecule has 0 saturated heterocycles. The molecule has 0 fully saturated rings. The van der Waals surface area contributed by atoms with Crippen molar-refractivity contribution >= 4 is 23.2 Å². The summed E-state index contributed by atoms with van der Waals surface area (Å²) >= 11 is 0. The Kier molecular flexibility index (Phi) is 7.58. The van der Waals surface area contributed by atoms with Crippen LogP contribution in [0.2, 0.25) is 0 Å². The molecule has 0 saturated carbocycles. The summed E-state index contributed by atoms with van der Waals surface area (Å²) in [6.45, 7) is 9.02. The van der Waals surface area contributed by atoms with E-state index in [0.29, 0.717) is 42.5 Å². The first-order valence-electron chi connectivity index (χ1n) is 9.33. The number of carbonyl (C=O) groups excluding carboxylic acids is 2. The first kappa shape index (κ1) is 21.4. The van der Waals surface area contributed by atoms with Crippen molar-refractivity contribution in [1.29, 1.82) is 0 Å². The van der Waals surface area contributed by atoms with Crippen LogP contribution >= 0.6 is 0 Å². The van der Waals surface area contributed by atoms with Crippen molar-refractivity contribution in [2.75, 3.05) is 30.5 Å². The molecule has 28 heavy (non-hydrogen) atoms. The van der Waals surface area contributed by atoms with E-state index in [-0.39, 0.29) is 11.8 Å². The number of benzene rings is 2. The normalized spacial score (nSPS) is 11.0. The maximum Gasteiger partial charge on any atom is 0.255 e. The molecular weight excluding hydrogens is 356 g/mol. The third kappa shape index (κ3) is 6.70. The van der Waals surface area contributed by atoms with Crippen molar-refractivity contribution in [2.24, 2.45) is 5.41 Å². The van der Waals surface area contributed by atoms with Gasteiger partial charge in [0.2, 0.25) is 5.91 Å². The van der Waals surface area contributed by atoms with E-state index < -0.39 is 5.41 Å². The summed E-state index contributed by atoms with van der Waals surface area (Å²) in [5.41, 5.74) is 1.21. The van der Waals surface area contributed by atoms with Crippen LogP contribution in [0.25, 0.3) is 0 Å². The molecule has 2 aromatic rings. The molecule has 0 aliphatic carbocycles. The monoisotopic (exact) mass is 384 g/mol. The highest BCUT2D eigenvalue weighted by Gasteiger charge is 2.21. The Balaban J connectivity index is 2.01. The van der Waals surface area contributed by atoms with Crippen LogP contribution in [0.3, 0.4) is 0 Å². The minimum absolute atomic E-state index is 0.0899. The zero-order valence-corrected chi connectivity index (χ0v) is 16.9. The Morgan fingerprint density at radius 3 is 2.29 bits per heavy atom. The molecule has 0 unspecified atom stereocenters. The third-order valence-electron chi connectivity index (χ3n) is 3.86. The third-order valence-corrected chi connectivity index (χ3v) is 3.86. The van der Waals surface area contributed by atoms with Crippen LogP contribution in [0, 0.1) is 5.41 Å². The summed E-state index contributed by atoms with van der Waals surface area (Å²) in [5.74, 6) is 0.265. The summed E-state index contributed by atoms with van der Waals surface area (Å²) in [6, 6.07) is 14.0. The van der Waals surface area contributed by atoms with Crippen LogP contribution in [-0.4, -0.2) is 31.6 Å². The fraction of sp³-hybridized carbons (Fsp3) is 0.364. The van der Waals surface area contributed by atoms with Gasteiger partial charge < -0.3 is 20.1 Å². The van der Waals surface area contributed by atoms with Gasteiger partial charge in [-0.15, -0.1) is 0 Å². The van der Waals surface area contributed by atoms with Gasteiger partial charge >= 0.3 is 0 Å². The maximum atomic E-state index is 12.6. The van der Waals surface area contributed by atoms with E-state index in [0.717, 1.165) is 0 Å². The fourth-order valence-electron chi connectivity index (χ4n) is 2.29. The number of amides is 2. The van der Waals surface area contributed by atoms with Gasteiger partial charge in [0.15, 0.2) is 0 Å². The number of anilines is 2. The molecule has 150 valence electrons. The highest BCUT2D eigenvalue weighted by Crippen LogP contribution is 2.21. The lowest BCUT2D eigenvalue weighted by Gasteiger charge is -2.18. The fourth-order valence-corrected chi connectivity index (χ4v) is 2.29. The van der Waals surface area contributed by atoms with Gasteiger partial charge in [0.1, 0.15) is 12.4 Å². The standard InChI is InChI=1S/C22H28N2O4/c1-5-27-12-13-28-19-11-6-8-16(14-19)20(25)23-17-9-7-10-18(15-17)24-21(26)22(2,3)4/h6-11,14-15H,5,12-13H2,1-4H3,(H,23,25)(H,24,26). The number of nitrogens with one attached hydrogen (secondary N) is 2. The van der Waals surface area contributed by atoms with Gasteiger partial charge in [-0.1, -0.05) is 32.9 Å². The van der Waals surface area contributed by atoms with Crippen molar-refractivity contribution in [3.05, 3.63) is 54.1 Å². The molecule has 2 rings (SSSR count). The largest absolute Gasteiger partial charge is 0.491 e. The van der Waals surface area contributed by atoms with E-state index >= 15 is 0 Å². The van der Waals surface area contributed by atoms with E-state index in [1.54, 1.807) is 48.5 Å². The number of ether oxygens (including phenoxy) is 2. The molecular formula is C22H28N2O4. The van der Waals surface area contributed by atoms with Gasteiger partial charge in [0.25, 0.3) is 5.91 Å². The first-order valence-corrected chi connectivity index (χ1v) is 9.33. The quantitative estimate of drug-likeness (QED) is 0.664. The highest BCUT2D eigenvalue weighted by atomic mass is 16.5. The van der Waals surface area contributed by atoms with Crippen molar-refractivity contribution in [3.8, 4) is 5.75 Å². The van der Waals surface area contributed by atoms with Gasteiger partial charge in [-0.3, -0.25) is 9.59 Å². The van der Waals surface area contributed by atoms with E-state index in [1.165, 1.54) is 0 Å². The molecule has 6 heteroatoms. The molecule has 0 bridgehead atoms. The second-order valence-corrected chi connectivity index (χ2v) is 7.31. The second-order valence-electron chi connectivity index (χ2n) is 7.31. The Hall–Kier alpha value is -2.86. The van der Waals surface area contributed by atoms with Gasteiger partial charge in [-0.2, -0.15) is 0 Å². The molecule has 2 N–H and O–H groups in total. The maximum absolute atomic E-state index is 12.6. The summed E-state index contributed by atoms with van der Waals surface area (Å²) in [4.78, 5) is 24.7. The number of hydrogen-bond donors (Lipinski definition) is 2. The number of hydrogen-bond acceptors (Lipinski definition) is 4. The SMILES string of the molecule is CCOCCOc1cccc(C(=O)Nc2cccc(NC(=O)C(C)(C)C)c2)c1. The van der Waals surface area contributed by atoms with Crippen molar-refractivity contribution in [1.82, 2.24) is 0 Å².